The minimum Gasteiger partial charge on any atom is -0.326 e. The molecule has 0 atom stereocenters. The third-order valence-electron chi connectivity index (χ3n) is 3.54. The van der Waals surface area contributed by atoms with Crippen LogP contribution >= 0.6 is 11.3 Å². The van der Waals surface area contributed by atoms with Crippen molar-refractivity contribution in [2.24, 2.45) is 11.1 Å². The van der Waals surface area contributed by atoms with Gasteiger partial charge in [-0.3, -0.25) is 0 Å². The van der Waals surface area contributed by atoms with E-state index in [4.69, 9.17) is 5.73 Å². The van der Waals surface area contributed by atoms with Crippen LogP contribution < -0.4 is 5.73 Å². The molecule has 2 heterocycles. The molecule has 0 radical (unpaired) electrons. The van der Waals surface area contributed by atoms with E-state index in [-0.39, 0.29) is 5.41 Å². The quantitative estimate of drug-likeness (QED) is 0.925. The molecule has 18 heavy (non-hydrogen) atoms. The number of nitrogens with zero attached hydrogens (tertiary/aromatic N) is 1. The average Bonchev–Trinajstić information content (AvgIpc) is 2.77. The predicted molar refractivity (Wildman–Crippen MR) is 74.0 cm³/mol. The fourth-order valence-electron chi connectivity index (χ4n) is 2.05. The third-order valence-corrected chi connectivity index (χ3v) is 6.90. The molecule has 2 N–H and O–H groups in total. The standard InChI is InChI=1S/C12H20N2O2S2/c1-12(2)3-5-14(6-4-12)18(15,16)11-7-10(8-13)9-17-11/h7,9H,3-6,8,13H2,1-2H3. The Hall–Kier alpha value is -0.430. The van der Waals surface area contributed by atoms with Gasteiger partial charge in [0.15, 0.2) is 0 Å². The molecule has 1 aromatic heterocycles. The molecule has 0 unspecified atom stereocenters. The first-order valence-electron chi connectivity index (χ1n) is 6.13. The van der Waals surface area contributed by atoms with Crippen molar-refractivity contribution in [1.29, 1.82) is 0 Å². The van der Waals surface area contributed by atoms with E-state index in [0.717, 1.165) is 18.4 Å². The van der Waals surface area contributed by atoms with Gasteiger partial charge >= 0.3 is 0 Å². The molecule has 2 rings (SSSR count). The lowest BCUT2D eigenvalue weighted by molar-refractivity contribution is 0.196. The summed E-state index contributed by atoms with van der Waals surface area (Å²) < 4.78 is 26.9. The molecule has 102 valence electrons. The van der Waals surface area contributed by atoms with Crippen LogP contribution in [0.1, 0.15) is 32.3 Å². The Morgan fingerprint density at radius 2 is 2.00 bits per heavy atom. The maximum Gasteiger partial charge on any atom is 0.252 e. The van der Waals surface area contributed by atoms with Crippen molar-refractivity contribution >= 4 is 21.4 Å². The second-order valence-electron chi connectivity index (χ2n) is 5.55. The fraction of sp³-hybridized carbons (Fsp3) is 0.667. The van der Waals surface area contributed by atoms with Gasteiger partial charge in [0.05, 0.1) is 0 Å². The van der Waals surface area contributed by atoms with E-state index in [1.807, 2.05) is 5.38 Å². The van der Waals surface area contributed by atoms with Gasteiger partial charge in [-0.25, -0.2) is 8.42 Å². The molecule has 0 amide bonds. The normalized spacial score (nSPS) is 21.1. The van der Waals surface area contributed by atoms with E-state index in [2.05, 4.69) is 13.8 Å². The molecular formula is C12H20N2O2S2. The van der Waals surface area contributed by atoms with Gasteiger partial charge < -0.3 is 5.73 Å². The molecule has 6 heteroatoms. The number of sulfonamides is 1. The van der Waals surface area contributed by atoms with Crippen molar-refractivity contribution in [2.75, 3.05) is 13.1 Å². The predicted octanol–water partition coefficient (Wildman–Crippen LogP) is 2.02. The molecule has 4 nitrogen and oxygen atoms in total. The molecule has 1 aliphatic rings. The molecule has 0 aliphatic carbocycles. The lowest BCUT2D eigenvalue weighted by Gasteiger charge is -2.35. The van der Waals surface area contributed by atoms with Crippen LogP contribution in [0.15, 0.2) is 15.7 Å². The first-order valence-corrected chi connectivity index (χ1v) is 8.45. The van der Waals surface area contributed by atoms with Crippen LogP contribution in [0.3, 0.4) is 0 Å². The summed E-state index contributed by atoms with van der Waals surface area (Å²) in [4.78, 5) is 0. The Morgan fingerprint density at radius 1 is 1.39 bits per heavy atom. The zero-order valence-electron chi connectivity index (χ0n) is 10.8. The highest BCUT2D eigenvalue weighted by atomic mass is 32.2. The Kier molecular flexibility index (Phi) is 3.82. The maximum absolute atomic E-state index is 12.4. The van der Waals surface area contributed by atoms with Crippen molar-refractivity contribution < 1.29 is 8.42 Å². The molecule has 0 bridgehead atoms. The number of thiophene rings is 1. The Bertz CT molecular complexity index is 510. The van der Waals surface area contributed by atoms with Crippen LogP contribution in [0.5, 0.6) is 0 Å². The molecule has 1 fully saturated rings. The second-order valence-corrected chi connectivity index (χ2v) is 8.62. The van der Waals surface area contributed by atoms with E-state index < -0.39 is 10.0 Å². The van der Waals surface area contributed by atoms with Crippen LogP contribution in [0.2, 0.25) is 0 Å². The first-order chi connectivity index (χ1) is 8.35. The van der Waals surface area contributed by atoms with Gasteiger partial charge in [0, 0.05) is 19.6 Å². The van der Waals surface area contributed by atoms with Crippen LogP contribution in [0.4, 0.5) is 0 Å². The number of nitrogens with two attached hydrogens (primary N) is 1. The fourth-order valence-corrected chi connectivity index (χ4v) is 4.87. The highest BCUT2D eigenvalue weighted by molar-refractivity contribution is 7.91. The topological polar surface area (TPSA) is 63.4 Å². The SMILES string of the molecule is CC1(C)CCN(S(=O)(=O)c2cc(CN)cs2)CC1. The van der Waals surface area contributed by atoms with Crippen molar-refractivity contribution in [2.45, 2.75) is 37.4 Å². The maximum atomic E-state index is 12.4. The van der Waals surface area contributed by atoms with Crippen molar-refractivity contribution in [3.63, 3.8) is 0 Å². The van der Waals surface area contributed by atoms with Crippen molar-refractivity contribution in [3.8, 4) is 0 Å². The van der Waals surface area contributed by atoms with Gasteiger partial charge in [-0.2, -0.15) is 4.31 Å². The molecular weight excluding hydrogens is 268 g/mol. The van der Waals surface area contributed by atoms with E-state index in [1.165, 1.54) is 11.3 Å². The molecule has 0 spiro atoms. The first kappa shape index (κ1) is 14.0. The largest absolute Gasteiger partial charge is 0.326 e. The number of hydrogen-bond acceptors (Lipinski definition) is 4. The summed E-state index contributed by atoms with van der Waals surface area (Å²) in [6.07, 6.45) is 1.84. The van der Waals surface area contributed by atoms with E-state index in [0.29, 0.717) is 23.8 Å². The van der Waals surface area contributed by atoms with Crippen molar-refractivity contribution in [3.05, 3.63) is 17.0 Å². The minimum absolute atomic E-state index is 0.254. The molecule has 0 saturated carbocycles. The monoisotopic (exact) mass is 288 g/mol. The molecule has 1 saturated heterocycles. The lowest BCUT2D eigenvalue weighted by Crippen LogP contribution is -2.40. The second kappa shape index (κ2) is 4.92. The van der Waals surface area contributed by atoms with Gasteiger partial charge in [0.2, 0.25) is 0 Å². The minimum atomic E-state index is -3.31. The van der Waals surface area contributed by atoms with E-state index in [1.54, 1.807) is 10.4 Å². The molecule has 1 aliphatic heterocycles. The molecule has 1 aromatic rings. The van der Waals surface area contributed by atoms with E-state index >= 15 is 0 Å². The van der Waals surface area contributed by atoms with E-state index in [9.17, 15) is 8.42 Å². The van der Waals surface area contributed by atoms with Crippen LogP contribution in [-0.2, 0) is 16.6 Å². The number of piperidine rings is 1. The number of hydrogen-bond donors (Lipinski definition) is 1. The lowest BCUT2D eigenvalue weighted by atomic mass is 9.83. The summed E-state index contributed by atoms with van der Waals surface area (Å²) in [7, 11) is -3.31. The van der Waals surface area contributed by atoms with Crippen LogP contribution in [-0.4, -0.2) is 25.8 Å². The Morgan fingerprint density at radius 3 is 2.50 bits per heavy atom. The van der Waals surface area contributed by atoms with Gasteiger partial charge in [0.25, 0.3) is 10.0 Å². The average molecular weight is 288 g/mol. The summed E-state index contributed by atoms with van der Waals surface area (Å²) in [6.45, 7) is 6.00. The zero-order valence-corrected chi connectivity index (χ0v) is 12.5. The summed E-state index contributed by atoms with van der Waals surface area (Å²) in [5.74, 6) is 0. The highest BCUT2D eigenvalue weighted by Gasteiger charge is 2.33. The smallest absolute Gasteiger partial charge is 0.252 e. The van der Waals surface area contributed by atoms with Crippen LogP contribution in [0.25, 0.3) is 0 Å². The van der Waals surface area contributed by atoms with Gasteiger partial charge in [-0.05, 0) is 35.3 Å². The van der Waals surface area contributed by atoms with Crippen LogP contribution in [0, 0.1) is 5.41 Å². The summed E-state index contributed by atoms with van der Waals surface area (Å²) in [6, 6.07) is 1.69. The summed E-state index contributed by atoms with van der Waals surface area (Å²) in [5.41, 5.74) is 6.66. The summed E-state index contributed by atoms with van der Waals surface area (Å²) in [5, 5.41) is 1.82. The molecule has 0 aromatic carbocycles. The number of rotatable bonds is 3. The zero-order chi connectivity index (χ0) is 13.4. The van der Waals surface area contributed by atoms with Gasteiger partial charge in [-0.1, -0.05) is 13.8 Å². The van der Waals surface area contributed by atoms with Gasteiger partial charge in [0.1, 0.15) is 4.21 Å². The Balaban J connectivity index is 2.17. The third kappa shape index (κ3) is 2.77. The summed E-state index contributed by atoms with van der Waals surface area (Å²) >= 11 is 1.26. The Labute approximate surface area is 113 Å². The van der Waals surface area contributed by atoms with Gasteiger partial charge in [-0.15, -0.1) is 11.3 Å². The highest BCUT2D eigenvalue weighted by Crippen LogP contribution is 2.33. The van der Waals surface area contributed by atoms with Crippen molar-refractivity contribution in [1.82, 2.24) is 4.31 Å².